The Hall–Kier alpha value is -0.0300. The maximum atomic E-state index is 9.12. The maximum absolute atomic E-state index is 9.12. The lowest BCUT2D eigenvalue weighted by atomic mass is 13.9. The molecule has 3 nitrogen and oxygen atoms in total. The first-order chi connectivity index (χ1) is 2.27. The summed E-state index contributed by atoms with van der Waals surface area (Å²) in [5.41, 5.74) is 0. The van der Waals surface area contributed by atoms with Crippen LogP contribution in [-0.2, 0) is 10.5 Å². The fourth-order valence-electron chi connectivity index (χ4n) is 0. The zero-order valence-corrected chi connectivity index (χ0v) is 3.83. The fraction of sp³-hybridized carbons (Fsp3) is 0. The van der Waals surface area contributed by atoms with Crippen molar-refractivity contribution in [2.45, 2.75) is 0 Å². The van der Waals surface area contributed by atoms with Crippen LogP contribution in [0, 0.1) is 0 Å². The molecule has 5 heteroatoms. The molecule has 0 aliphatic carbocycles. The summed E-state index contributed by atoms with van der Waals surface area (Å²) in [6, 6.07) is 0. The first-order valence-electron chi connectivity index (χ1n) is 0.716. The van der Waals surface area contributed by atoms with Gasteiger partial charge in [0.15, 0.2) is 0 Å². The van der Waals surface area contributed by atoms with Crippen LogP contribution in [0.2, 0.25) is 0 Å². The summed E-state index contributed by atoms with van der Waals surface area (Å²) in [5.74, 6) is 0. The Bertz CT molecular complexity index is 111. The molecule has 0 bridgehead atoms. The van der Waals surface area contributed by atoms with Crippen molar-refractivity contribution in [2.24, 2.45) is 3.77 Å². The van der Waals surface area contributed by atoms with E-state index < -0.39 is 10.5 Å². The summed E-state index contributed by atoms with van der Waals surface area (Å²) >= 11 is 3.03. The summed E-state index contributed by atoms with van der Waals surface area (Å²) in [7, 11) is -2.33. The van der Waals surface area contributed by atoms with E-state index >= 15 is 0 Å². The SMILES string of the molecule is O=S(=O)=NS. The number of thiol groups is 1. The van der Waals surface area contributed by atoms with Gasteiger partial charge < -0.3 is 0 Å². The van der Waals surface area contributed by atoms with Gasteiger partial charge in [-0.2, -0.15) is 8.42 Å². The molecule has 5 heavy (non-hydrogen) atoms. The van der Waals surface area contributed by atoms with E-state index in [9.17, 15) is 0 Å². The fourth-order valence-corrected chi connectivity index (χ4v) is 0. The van der Waals surface area contributed by atoms with E-state index in [0.29, 0.717) is 0 Å². The summed E-state index contributed by atoms with van der Waals surface area (Å²) in [5, 5.41) is 0. The molecule has 30 valence electrons. The van der Waals surface area contributed by atoms with Gasteiger partial charge in [0, 0.05) is 0 Å². The van der Waals surface area contributed by atoms with Crippen molar-refractivity contribution in [3.05, 3.63) is 0 Å². The molecule has 0 radical (unpaired) electrons. The van der Waals surface area contributed by atoms with Gasteiger partial charge in [-0.3, -0.25) is 0 Å². The van der Waals surface area contributed by atoms with Crippen LogP contribution in [0.25, 0.3) is 0 Å². The third kappa shape index (κ3) is 3.97. The number of rotatable bonds is 0. The predicted molar refractivity (Wildman–Crippen MR) is 20.3 cm³/mol. The van der Waals surface area contributed by atoms with Gasteiger partial charge in [0.05, 0.1) is 0 Å². The van der Waals surface area contributed by atoms with Crippen molar-refractivity contribution in [1.29, 1.82) is 0 Å². The molecule has 0 unspecified atom stereocenters. The third-order valence-corrected chi connectivity index (χ3v) is 0.600. The van der Waals surface area contributed by atoms with Gasteiger partial charge in [-0.25, -0.2) is 0 Å². The van der Waals surface area contributed by atoms with E-state index in [1.165, 1.54) is 0 Å². The first-order valence-corrected chi connectivity index (χ1v) is 2.15. The highest BCUT2D eigenvalue weighted by atomic mass is 32.2. The van der Waals surface area contributed by atoms with E-state index in [1.54, 1.807) is 0 Å². The molecule has 0 aliphatic heterocycles. The highest BCUT2D eigenvalue weighted by molar-refractivity contribution is 7.85. The van der Waals surface area contributed by atoms with Crippen LogP contribution in [0.3, 0.4) is 0 Å². The van der Waals surface area contributed by atoms with E-state index in [1.807, 2.05) is 0 Å². The molecule has 0 rings (SSSR count). The number of hydrogen-bond acceptors (Lipinski definition) is 3. The smallest absolute Gasteiger partial charge is 0.163 e. The molecule has 0 heterocycles. The summed E-state index contributed by atoms with van der Waals surface area (Å²) in [6.07, 6.45) is 0. The van der Waals surface area contributed by atoms with Crippen molar-refractivity contribution in [1.82, 2.24) is 0 Å². The second-order valence-corrected chi connectivity index (χ2v) is 1.39. The van der Waals surface area contributed by atoms with Crippen molar-refractivity contribution < 1.29 is 8.42 Å². The molecule has 0 amide bonds. The quantitative estimate of drug-likeness (QED) is 0.443. The Morgan fingerprint density at radius 3 is 1.80 bits per heavy atom. The Balaban J connectivity index is 4.25. The van der Waals surface area contributed by atoms with E-state index in [0.717, 1.165) is 0 Å². The minimum atomic E-state index is -2.33. The Morgan fingerprint density at radius 2 is 1.80 bits per heavy atom. The standard InChI is InChI=1S/HNO2S2/c2-5(3)1-4/h4H. The Kier molecular flexibility index (Phi) is 2.21. The van der Waals surface area contributed by atoms with Crippen molar-refractivity contribution in [3.8, 4) is 0 Å². The largest absolute Gasteiger partial charge is 0.322 e. The van der Waals surface area contributed by atoms with Gasteiger partial charge in [-0.1, -0.05) is 0 Å². The average molecular weight is 111 g/mol. The molecule has 0 spiro atoms. The van der Waals surface area contributed by atoms with Gasteiger partial charge in [0.25, 0.3) is 0 Å². The lowest BCUT2D eigenvalue weighted by Gasteiger charge is -1.39. The molecule has 0 aromatic heterocycles. The first kappa shape index (κ1) is 4.97. The molecule has 0 atom stereocenters. The number of nitrogens with zero attached hydrogens (tertiary/aromatic N) is 1. The summed E-state index contributed by atoms with van der Waals surface area (Å²) in [6.45, 7) is 0. The third-order valence-electron chi connectivity index (χ3n) is 0.0667. The van der Waals surface area contributed by atoms with Crippen LogP contribution in [0.15, 0.2) is 3.77 Å². The molecule has 0 saturated heterocycles. The Labute approximate surface area is 36.3 Å². The van der Waals surface area contributed by atoms with E-state index in [2.05, 4.69) is 16.6 Å². The minimum Gasteiger partial charge on any atom is -0.163 e. The topological polar surface area (TPSA) is 46.5 Å². The van der Waals surface area contributed by atoms with Gasteiger partial charge in [-0.05, 0) is 12.8 Å². The lowest BCUT2D eigenvalue weighted by molar-refractivity contribution is 0.623. The van der Waals surface area contributed by atoms with Gasteiger partial charge in [0.1, 0.15) is 0 Å². The van der Waals surface area contributed by atoms with Crippen molar-refractivity contribution in [2.75, 3.05) is 0 Å². The van der Waals surface area contributed by atoms with Crippen LogP contribution in [0.1, 0.15) is 0 Å². The Morgan fingerprint density at radius 1 is 1.60 bits per heavy atom. The monoisotopic (exact) mass is 111 g/mol. The van der Waals surface area contributed by atoms with Crippen LogP contribution >= 0.6 is 12.8 Å². The van der Waals surface area contributed by atoms with E-state index in [4.69, 9.17) is 8.42 Å². The zero-order valence-electron chi connectivity index (χ0n) is 2.12. The molecule has 0 aromatic carbocycles. The minimum absolute atomic E-state index is 2.33. The number of hydrogen-bond donors (Lipinski definition) is 1. The highest BCUT2D eigenvalue weighted by Crippen LogP contribution is 1.64. The molecule has 0 N–H and O–H groups in total. The van der Waals surface area contributed by atoms with E-state index in [-0.39, 0.29) is 0 Å². The van der Waals surface area contributed by atoms with Crippen LogP contribution in [0.5, 0.6) is 0 Å². The molecule has 0 aromatic rings. The average Bonchev–Trinajstić information content (AvgIpc) is 1.38. The van der Waals surface area contributed by atoms with Crippen LogP contribution in [-0.4, -0.2) is 8.42 Å². The predicted octanol–water partition coefficient (Wildman–Crippen LogP) is -0.106. The van der Waals surface area contributed by atoms with Crippen LogP contribution < -0.4 is 0 Å². The zero-order chi connectivity index (χ0) is 4.28. The normalized spacial score (nSPS) is 6.60. The summed E-state index contributed by atoms with van der Waals surface area (Å²) in [4.78, 5) is 0. The van der Waals surface area contributed by atoms with Gasteiger partial charge in [-0.15, -0.1) is 3.77 Å². The highest BCUT2D eigenvalue weighted by Gasteiger charge is 1.48. The van der Waals surface area contributed by atoms with Gasteiger partial charge in [0.2, 0.25) is 0 Å². The molecule has 0 saturated carbocycles. The molecular formula is HNO2S2. The molecule has 0 aliphatic rings. The lowest BCUT2D eigenvalue weighted by Crippen LogP contribution is -1.40. The second-order valence-electron chi connectivity index (χ2n) is 0.299. The summed E-state index contributed by atoms with van der Waals surface area (Å²) < 4.78 is 20.8. The molecular weight excluding hydrogens is 110 g/mol. The van der Waals surface area contributed by atoms with Crippen molar-refractivity contribution in [3.63, 3.8) is 0 Å². The van der Waals surface area contributed by atoms with Gasteiger partial charge >= 0.3 is 10.5 Å². The molecule has 0 fully saturated rings. The second kappa shape index (κ2) is 2.22. The van der Waals surface area contributed by atoms with Crippen LogP contribution in [0.4, 0.5) is 0 Å². The van der Waals surface area contributed by atoms with Crippen molar-refractivity contribution >= 4 is 23.3 Å². The maximum Gasteiger partial charge on any atom is 0.322 e.